The summed E-state index contributed by atoms with van der Waals surface area (Å²) in [4.78, 5) is 2.60. The third kappa shape index (κ3) is 3.81. The van der Waals surface area contributed by atoms with Crippen LogP contribution in [-0.2, 0) is 0 Å². The van der Waals surface area contributed by atoms with Crippen molar-refractivity contribution in [1.82, 2.24) is 5.32 Å². The minimum absolute atomic E-state index is 0.678. The van der Waals surface area contributed by atoms with E-state index in [1.807, 2.05) is 0 Å². The van der Waals surface area contributed by atoms with Gasteiger partial charge < -0.3 is 10.2 Å². The van der Waals surface area contributed by atoms with E-state index in [0.29, 0.717) is 6.04 Å². The summed E-state index contributed by atoms with van der Waals surface area (Å²) in [6.07, 6.45) is 8.40. The van der Waals surface area contributed by atoms with Crippen LogP contribution in [0.4, 0.5) is 5.69 Å². The van der Waals surface area contributed by atoms with Crippen LogP contribution in [0, 0.1) is 12.8 Å². The lowest BCUT2D eigenvalue weighted by molar-refractivity contribution is 0.277. The summed E-state index contributed by atoms with van der Waals surface area (Å²) in [5, 5.41) is 3.83. The second-order valence-corrected chi connectivity index (χ2v) is 7.55. The van der Waals surface area contributed by atoms with Crippen LogP contribution in [0.1, 0.15) is 44.1 Å². The highest BCUT2D eigenvalue weighted by atomic mass is 79.9. The molecule has 1 atom stereocenters. The van der Waals surface area contributed by atoms with Gasteiger partial charge in [0.1, 0.15) is 0 Å². The van der Waals surface area contributed by atoms with Gasteiger partial charge in [0.05, 0.1) is 0 Å². The maximum Gasteiger partial charge on any atom is 0.0370 e. The van der Waals surface area contributed by atoms with Crippen LogP contribution in [0.2, 0.25) is 0 Å². The van der Waals surface area contributed by atoms with Crippen LogP contribution in [0.5, 0.6) is 0 Å². The Morgan fingerprint density at radius 3 is 2.71 bits per heavy atom. The summed E-state index contributed by atoms with van der Waals surface area (Å²) in [6, 6.07) is 7.46. The van der Waals surface area contributed by atoms with E-state index in [0.717, 1.165) is 5.92 Å². The Balaban J connectivity index is 1.73. The number of hydrogen-bond donors (Lipinski definition) is 1. The Kier molecular flexibility index (Phi) is 5.23. The highest BCUT2D eigenvalue weighted by Gasteiger charge is 2.27. The quantitative estimate of drug-likeness (QED) is 0.844. The largest absolute Gasteiger partial charge is 0.370 e. The summed E-state index contributed by atoms with van der Waals surface area (Å²) in [6.45, 7) is 5.71. The summed E-state index contributed by atoms with van der Waals surface area (Å²) >= 11 is 3.61. The van der Waals surface area contributed by atoms with Gasteiger partial charge in [-0.05, 0) is 62.4 Å². The van der Waals surface area contributed by atoms with Gasteiger partial charge in [0.15, 0.2) is 0 Å². The molecule has 2 fully saturated rings. The minimum atomic E-state index is 0.678. The number of nitrogens with zero attached hydrogens (tertiary/aromatic N) is 1. The van der Waals surface area contributed by atoms with Crippen molar-refractivity contribution in [2.45, 2.75) is 51.5 Å². The van der Waals surface area contributed by atoms with Crippen LogP contribution in [0.3, 0.4) is 0 Å². The Labute approximate surface area is 137 Å². The van der Waals surface area contributed by atoms with Gasteiger partial charge in [0.25, 0.3) is 0 Å². The monoisotopic (exact) mass is 350 g/mol. The van der Waals surface area contributed by atoms with Crippen LogP contribution >= 0.6 is 15.9 Å². The van der Waals surface area contributed by atoms with Crippen LogP contribution < -0.4 is 10.2 Å². The molecule has 1 aromatic rings. The first kappa shape index (κ1) is 15.4. The Bertz CT molecular complexity index is 468. The molecular formula is C18H27BrN2. The first-order chi connectivity index (χ1) is 10.2. The molecule has 0 aromatic heterocycles. The molecule has 2 aliphatic rings. The highest BCUT2D eigenvalue weighted by molar-refractivity contribution is 9.10. The Morgan fingerprint density at radius 2 is 1.95 bits per heavy atom. The smallest absolute Gasteiger partial charge is 0.0370 e. The van der Waals surface area contributed by atoms with Crippen molar-refractivity contribution in [1.29, 1.82) is 0 Å². The molecule has 1 aliphatic carbocycles. The van der Waals surface area contributed by atoms with E-state index < -0.39 is 0 Å². The molecule has 2 nitrogen and oxygen atoms in total. The molecule has 0 radical (unpaired) electrons. The Hall–Kier alpha value is -0.540. The van der Waals surface area contributed by atoms with Crippen molar-refractivity contribution < 1.29 is 0 Å². The first-order valence-corrected chi connectivity index (χ1v) is 9.28. The van der Waals surface area contributed by atoms with E-state index in [4.69, 9.17) is 0 Å². The topological polar surface area (TPSA) is 15.3 Å². The number of halogens is 1. The van der Waals surface area contributed by atoms with Gasteiger partial charge >= 0.3 is 0 Å². The average molecular weight is 351 g/mol. The third-order valence-corrected chi connectivity index (χ3v) is 6.04. The van der Waals surface area contributed by atoms with E-state index in [1.165, 1.54) is 73.9 Å². The fourth-order valence-electron chi connectivity index (χ4n) is 3.86. The van der Waals surface area contributed by atoms with Crippen molar-refractivity contribution in [3.8, 4) is 0 Å². The van der Waals surface area contributed by atoms with Gasteiger partial charge in [-0.2, -0.15) is 0 Å². The number of rotatable bonds is 2. The Morgan fingerprint density at radius 1 is 1.14 bits per heavy atom. The third-order valence-electron chi connectivity index (χ3n) is 5.15. The highest BCUT2D eigenvalue weighted by Crippen LogP contribution is 2.29. The normalized spacial score (nSPS) is 24.9. The molecule has 0 bridgehead atoms. The first-order valence-electron chi connectivity index (χ1n) is 8.48. The number of aryl methyl sites for hydroxylation is 1. The predicted molar refractivity (Wildman–Crippen MR) is 94.1 cm³/mol. The molecule has 1 aliphatic heterocycles. The zero-order valence-corrected chi connectivity index (χ0v) is 14.7. The molecule has 3 heteroatoms. The van der Waals surface area contributed by atoms with Crippen molar-refractivity contribution in [3.63, 3.8) is 0 Å². The van der Waals surface area contributed by atoms with Crippen molar-refractivity contribution >= 4 is 21.6 Å². The molecule has 21 heavy (non-hydrogen) atoms. The SMILES string of the molecule is Cc1cc(N2CCCNC(C3CCCCC3)C2)ccc1Br. The maximum absolute atomic E-state index is 3.83. The zero-order chi connectivity index (χ0) is 14.7. The van der Waals surface area contributed by atoms with Crippen LogP contribution in [0.25, 0.3) is 0 Å². The molecule has 1 saturated carbocycles. The molecule has 1 heterocycles. The van der Waals surface area contributed by atoms with Gasteiger partial charge in [-0.1, -0.05) is 35.2 Å². The number of anilines is 1. The molecule has 0 spiro atoms. The van der Waals surface area contributed by atoms with Gasteiger partial charge in [0.2, 0.25) is 0 Å². The lowest BCUT2D eigenvalue weighted by Gasteiger charge is -2.34. The molecule has 1 saturated heterocycles. The molecule has 0 amide bonds. The summed E-state index contributed by atoms with van der Waals surface area (Å²) in [5.41, 5.74) is 2.72. The minimum Gasteiger partial charge on any atom is -0.370 e. The number of benzene rings is 1. The summed E-state index contributed by atoms with van der Waals surface area (Å²) < 4.78 is 1.21. The lowest BCUT2D eigenvalue weighted by atomic mass is 9.83. The molecule has 1 aromatic carbocycles. The zero-order valence-electron chi connectivity index (χ0n) is 13.1. The molecule has 1 unspecified atom stereocenters. The fraction of sp³-hybridized carbons (Fsp3) is 0.667. The van der Waals surface area contributed by atoms with Crippen LogP contribution in [0.15, 0.2) is 22.7 Å². The number of hydrogen-bond acceptors (Lipinski definition) is 2. The summed E-state index contributed by atoms with van der Waals surface area (Å²) in [7, 11) is 0. The standard InChI is InChI=1S/C18H27BrN2/c1-14-12-16(8-9-17(14)19)21-11-5-10-20-18(13-21)15-6-3-2-4-7-15/h8-9,12,15,18,20H,2-7,10-11,13H2,1H3. The van der Waals surface area contributed by atoms with Gasteiger partial charge in [0, 0.05) is 29.3 Å². The molecule has 3 rings (SSSR count). The second-order valence-electron chi connectivity index (χ2n) is 6.69. The van der Waals surface area contributed by atoms with E-state index >= 15 is 0 Å². The van der Waals surface area contributed by atoms with Crippen molar-refractivity contribution in [2.75, 3.05) is 24.5 Å². The van der Waals surface area contributed by atoms with E-state index in [2.05, 4.69) is 51.3 Å². The van der Waals surface area contributed by atoms with E-state index in [1.54, 1.807) is 0 Å². The van der Waals surface area contributed by atoms with Gasteiger partial charge in [-0.15, -0.1) is 0 Å². The average Bonchev–Trinajstić information content (AvgIpc) is 2.77. The van der Waals surface area contributed by atoms with Crippen molar-refractivity contribution in [3.05, 3.63) is 28.2 Å². The lowest BCUT2D eigenvalue weighted by Crippen LogP contribution is -2.43. The predicted octanol–water partition coefficient (Wildman–Crippen LogP) is 4.51. The molecule has 116 valence electrons. The fourth-order valence-corrected chi connectivity index (χ4v) is 4.11. The van der Waals surface area contributed by atoms with Gasteiger partial charge in [-0.3, -0.25) is 0 Å². The van der Waals surface area contributed by atoms with Crippen LogP contribution in [-0.4, -0.2) is 25.7 Å². The second kappa shape index (κ2) is 7.15. The molecule has 1 N–H and O–H groups in total. The van der Waals surface area contributed by atoms with Gasteiger partial charge in [-0.25, -0.2) is 0 Å². The van der Waals surface area contributed by atoms with E-state index in [9.17, 15) is 0 Å². The van der Waals surface area contributed by atoms with E-state index in [-0.39, 0.29) is 0 Å². The maximum atomic E-state index is 3.83. The summed E-state index contributed by atoms with van der Waals surface area (Å²) in [5.74, 6) is 0.885. The molecular weight excluding hydrogens is 324 g/mol. The number of nitrogens with one attached hydrogen (secondary N) is 1. The van der Waals surface area contributed by atoms with Crippen molar-refractivity contribution in [2.24, 2.45) is 5.92 Å².